The van der Waals surface area contributed by atoms with E-state index in [9.17, 15) is 16.8 Å². The second kappa shape index (κ2) is 8.42. The number of anilines is 2. The third-order valence-corrected chi connectivity index (χ3v) is 10.1. The van der Waals surface area contributed by atoms with Crippen LogP contribution in [0.4, 0.5) is 11.4 Å². The fourth-order valence-corrected chi connectivity index (χ4v) is 7.86. The SMILES string of the molecule is COc1cc(C)c(S(=O)(=O)Nc2ccc3c(c2)N(S(=O)(=O)c2cccs2)CCC3)cc1C. The molecule has 170 valence electrons. The second-order valence-corrected chi connectivity index (χ2v) is 12.3. The van der Waals surface area contributed by atoms with Crippen LogP contribution in [-0.4, -0.2) is 30.5 Å². The van der Waals surface area contributed by atoms with Crippen LogP contribution >= 0.6 is 11.3 Å². The van der Waals surface area contributed by atoms with Crippen LogP contribution in [-0.2, 0) is 26.5 Å². The van der Waals surface area contributed by atoms with Gasteiger partial charge < -0.3 is 4.74 Å². The van der Waals surface area contributed by atoms with E-state index in [4.69, 9.17) is 4.74 Å². The molecule has 0 atom stereocenters. The molecular formula is C22H24N2O5S3. The first-order valence-electron chi connectivity index (χ1n) is 10.0. The molecular weight excluding hydrogens is 468 g/mol. The Morgan fingerprint density at radius 2 is 1.81 bits per heavy atom. The van der Waals surface area contributed by atoms with Gasteiger partial charge in [0.25, 0.3) is 20.0 Å². The van der Waals surface area contributed by atoms with Crippen LogP contribution in [0.5, 0.6) is 5.75 Å². The average molecular weight is 493 g/mol. The maximum Gasteiger partial charge on any atom is 0.273 e. The van der Waals surface area contributed by atoms with Crippen LogP contribution in [0.25, 0.3) is 0 Å². The van der Waals surface area contributed by atoms with Gasteiger partial charge in [0.2, 0.25) is 0 Å². The van der Waals surface area contributed by atoms with Crippen LogP contribution in [0.2, 0.25) is 0 Å². The molecule has 0 aliphatic carbocycles. The van der Waals surface area contributed by atoms with Gasteiger partial charge in [-0.15, -0.1) is 11.3 Å². The maximum atomic E-state index is 13.2. The number of nitrogens with one attached hydrogen (secondary N) is 1. The van der Waals surface area contributed by atoms with E-state index in [-0.39, 0.29) is 9.10 Å². The number of ether oxygens (including phenoxy) is 1. The summed E-state index contributed by atoms with van der Waals surface area (Å²) in [6, 6.07) is 11.6. The van der Waals surface area contributed by atoms with Crippen LogP contribution in [0, 0.1) is 13.8 Å². The maximum absolute atomic E-state index is 13.2. The minimum atomic E-state index is -3.89. The van der Waals surface area contributed by atoms with Crippen molar-refractivity contribution in [3.63, 3.8) is 0 Å². The van der Waals surface area contributed by atoms with Crippen molar-refractivity contribution in [2.75, 3.05) is 22.7 Å². The summed E-state index contributed by atoms with van der Waals surface area (Å²) in [6.45, 7) is 3.84. The average Bonchev–Trinajstić information content (AvgIpc) is 3.30. The molecule has 0 saturated heterocycles. The lowest BCUT2D eigenvalue weighted by molar-refractivity contribution is 0.411. The van der Waals surface area contributed by atoms with Crippen molar-refractivity contribution in [2.24, 2.45) is 0 Å². The van der Waals surface area contributed by atoms with Crippen molar-refractivity contribution < 1.29 is 21.6 Å². The molecule has 0 spiro atoms. The van der Waals surface area contributed by atoms with E-state index in [1.165, 1.54) is 11.4 Å². The Balaban J connectivity index is 1.71. The summed E-state index contributed by atoms with van der Waals surface area (Å²) in [5.41, 5.74) is 2.95. The minimum absolute atomic E-state index is 0.150. The molecule has 1 aliphatic heterocycles. The summed E-state index contributed by atoms with van der Waals surface area (Å²) >= 11 is 1.16. The van der Waals surface area contributed by atoms with E-state index in [1.807, 2.05) is 0 Å². The van der Waals surface area contributed by atoms with Gasteiger partial charge in [0.05, 0.1) is 23.4 Å². The number of nitrogens with zero attached hydrogens (tertiary/aromatic N) is 1. The van der Waals surface area contributed by atoms with Gasteiger partial charge in [-0.25, -0.2) is 16.8 Å². The molecule has 4 rings (SSSR count). The number of hydrogen-bond acceptors (Lipinski definition) is 6. The number of benzene rings is 2. The first-order chi connectivity index (χ1) is 15.1. The van der Waals surface area contributed by atoms with Gasteiger partial charge in [-0.05, 0) is 79.1 Å². The molecule has 0 amide bonds. The fraction of sp³-hybridized carbons (Fsp3) is 0.273. The van der Waals surface area contributed by atoms with Gasteiger partial charge in [-0.2, -0.15) is 0 Å². The Morgan fingerprint density at radius 1 is 1.03 bits per heavy atom. The molecule has 2 heterocycles. The van der Waals surface area contributed by atoms with Crippen LogP contribution in [0.15, 0.2) is 56.9 Å². The molecule has 0 saturated carbocycles. The number of sulfonamides is 2. The molecule has 10 heteroatoms. The van der Waals surface area contributed by atoms with Crippen molar-refractivity contribution in [3.05, 3.63) is 64.5 Å². The topological polar surface area (TPSA) is 92.8 Å². The molecule has 7 nitrogen and oxygen atoms in total. The van der Waals surface area contributed by atoms with E-state index in [0.717, 1.165) is 23.3 Å². The van der Waals surface area contributed by atoms with Crippen molar-refractivity contribution in [2.45, 2.75) is 35.8 Å². The quantitative estimate of drug-likeness (QED) is 0.553. The molecule has 32 heavy (non-hydrogen) atoms. The van der Waals surface area contributed by atoms with E-state index in [1.54, 1.807) is 61.7 Å². The van der Waals surface area contributed by atoms with E-state index in [2.05, 4.69) is 4.72 Å². The number of rotatable bonds is 6. The molecule has 0 unspecified atom stereocenters. The summed E-state index contributed by atoms with van der Waals surface area (Å²) in [5, 5.41) is 1.72. The van der Waals surface area contributed by atoms with Crippen molar-refractivity contribution >= 4 is 42.8 Å². The molecule has 3 aromatic rings. The van der Waals surface area contributed by atoms with Gasteiger partial charge in [0.1, 0.15) is 9.96 Å². The van der Waals surface area contributed by atoms with E-state index in [0.29, 0.717) is 41.2 Å². The van der Waals surface area contributed by atoms with E-state index < -0.39 is 20.0 Å². The second-order valence-electron chi connectivity index (χ2n) is 7.65. The standard InChI is InChI=1S/C22H24N2O5S3/c1-15-13-21(16(2)12-20(15)29-3)31(25,26)23-18-9-8-17-6-4-10-24(19(17)14-18)32(27,28)22-7-5-11-30-22/h5,7-9,11-14,23H,4,6,10H2,1-3H3. The Morgan fingerprint density at radius 3 is 2.50 bits per heavy atom. The van der Waals surface area contributed by atoms with Gasteiger partial charge in [-0.3, -0.25) is 9.03 Å². The van der Waals surface area contributed by atoms with Gasteiger partial charge in [0, 0.05) is 6.54 Å². The highest BCUT2D eigenvalue weighted by Crippen LogP contribution is 2.36. The summed E-state index contributed by atoms with van der Waals surface area (Å²) in [7, 11) is -6.05. The molecule has 0 bridgehead atoms. The van der Waals surface area contributed by atoms with Gasteiger partial charge >= 0.3 is 0 Å². The Labute approximate surface area is 192 Å². The predicted octanol–water partition coefficient (Wildman–Crippen LogP) is 4.32. The molecule has 0 fully saturated rings. The summed E-state index contributed by atoms with van der Waals surface area (Å²) in [5.74, 6) is 0.615. The zero-order valence-electron chi connectivity index (χ0n) is 18.0. The Bertz CT molecular complexity index is 1360. The zero-order valence-corrected chi connectivity index (χ0v) is 20.4. The van der Waals surface area contributed by atoms with Crippen LogP contribution in [0.1, 0.15) is 23.1 Å². The van der Waals surface area contributed by atoms with Crippen LogP contribution < -0.4 is 13.8 Å². The summed E-state index contributed by atoms with van der Waals surface area (Å²) < 4.78 is 62.1. The number of thiophene rings is 1. The van der Waals surface area contributed by atoms with Crippen molar-refractivity contribution in [1.82, 2.24) is 0 Å². The highest BCUT2D eigenvalue weighted by molar-refractivity contribution is 7.94. The number of aryl methyl sites for hydroxylation is 3. The monoisotopic (exact) mass is 492 g/mol. The molecule has 0 radical (unpaired) electrons. The molecule has 1 aromatic heterocycles. The van der Waals surface area contributed by atoms with E-state index >= 15 is 0 Å². The number of methoxy groups -OCH3 is 1. The molecule has 2 aromatic carbocycles. The van der Waals surface area contributed by atoms with Crippen LogP contribution in [0.3, 0.4) is 0 Å². The molecule has 1 aliphatic rings. The van der Waals surface area contributed by atoms with Gasteiger partial charge in [-0.1, -0.05) is 12.1 Å². The highest BCUT2D eigenvalue weighted by Gasteiger charge is 2.30. The number of fused-ring (bicyclic) bond motifs is 1. The Kier molecular flexibility index (Phi) is 5.95. The summed E-state index contributed by atoms with van der Waals surface area (Å²) in [6.07, 6.45) is 1.43. The smallest absolute Gasteiger partial charge is 0.273 e. The normalized spacial score (nSPS) is 14.2. The van der Waals surface area contributed by atoms with Crippen molar-refractivity contribution in [1.29, 1.82) is 0 Å². The number of hydrogen-bond donors (Lipinski definition) is 1. The third kappa shape index (κ3) is 4.10. The van der Waals surface area contributed by atoms with Gasteiger partial charge in [0.15, 0.2) is 0 Å². The predicted molar refractivity (Wildman–Crippen MR) is 127 cm³/mol. The third-order valence-electron chi connectivity index (χ3n) is 5.43. The molecule has 1 N–H and O–H groups in total. The lowest BCUT2D eigenvalue weighted by atomic mass is 10.0. The lowest BCUT2D eigenvalue weighted by Crippen LogP contribution is -2.35. The lowest BCUT2D eigenvalue weighted by Gasteiger charge is -2.30. The first-order valence-corrected chi connectivity index (χ1v) is 13.8. The minimum Gasteiger partial charge on any atom is -0.496 e. The Hall–Kier alpha value is -2.56. The highest BCUT2D eigenvalue weighted by atomic mass is 32.2. The zero-order chi connectivity index (χ0) is 23.1. The largest absolute Gasteiger partial charge is 0.496 e. The van der Waals surface area contributed by atoms with Crippen molar-refractivity contribution in [3.8, 4) is 5.75 Å². The first kappa shape index (κ1) is 22.6. The fourth-order valence-electron chi connectivity index (χ4n) is 3.86. The summed E-state index contributed by atoms with van der Waals surface area (Å²) in [4.78, 5) is 0.150.